The Morgan fingerprint density at radius 2 is 2.14 bits per heavy atom. The van der Waals surface area contributed by atoms with Crippen LogP contribution in [0.1, 0.15) is 25.4 Å². The van der Waals surface area contributed by atoms with Gasteiger partial charge in [-0.05, 0) is 23.8 Å². The van der Waals surface area contributed by atoms with Crippen LogP contribution in [0.2, 0.25) is 0 Å². The fourth-order valence-corrected chi connectivity index (χ4v) is 3.11. The van der Waals surface area contributed by atoms with Crippen molar-refractivity contribution >= 4 is 17.4 Å². The largest absolute Gasteiger partial charge is 0.367 e. The molecule has 0 fully saturated rings. The third-order valence-electron chi connectivity index (χ3n) is 3.35. The molecule has 0 spiro atoms. The number of thioether (sulfide) groups is 1. The van der Waals surface area contributed by atoms with Crippen LogP contribution in [0.15, 0.2) is 30.7 Å². The number of nitrogens with zero attached hydrogens (tertiary/aromatic N) is 4. The molecular formula is C16H24N4S. The van der Waals surface area contributed by atoms with Crippen LogP contribution < -0.4 is 4.90 Å². The number of aromatic nitrogens is 3. The highest BCUT2D eigenvalue weighted by atomic mass is 32.2. The van der Waals surface area contributed by atoms with E-state index in [2.05, 4.69) is 53.4 Å². The second-order valence-corrected chi connectivity index (χ2v) is 6.73. The summed E-state index contributed by atoms with van der Waals surface area (Å²) in [5.41, 5.74) is 2.34. The average molecular weight is 304 g/mol. The summed E-state index contributed by atoms with van der Waals surface area (Å²) in [7, 11) is 4.18. The first-order chi connectivity index (χ1) is 10.1. The minimum absolute atomic E-state index is 0.728. The second kappa shape index (κ2) is 7.50. The first-order valence-corrected chi connectivity index (χ1v) is 8.41. The van der Waals surface area contributed by atoms with Gasteiger partial charge >= 0.3 is 0 Å². The molecule has 2 aromatic rings. The molecule has 114 valence electrons. The van der Waals surface area contributed by atoms with Gasteiger partial charge in [0.15, 0.2) is 0 Å². The fraction of sp³-hybridized carbons (Fsp3) is 0.500. The van der Waals surface area contributed by atoms with Crippen molar-refractivity contribution in [3.63, 3.8) is 0 Å². The number of anilines is 1. The van der Waals surface area contributed by atoms with Crippen molar-refractivity contribution in [2.45, 2.75) is 26.1 Å². The van der Waals surface area contributed by atoms with Crippen LogP contribution >= 0.6 is 11.8 Å². The van der Waals surface area contributed by atoms with Crippen LogP contribution in [0.3, 0.4) is 0 Å². The Kier molecular flexibility index (Phi) is 5.67. The Morgan fingerprint density at radius 1 is 1.33 bits per heavy atom. The predicted octanol–water partition coefficient (Wildman–Crippen LogP) is 3.34. The van der Waals surface area contributed by atoms with Crippen LogP contribution in [0, 0.1) is 5.92 Å². The maximum absolute atomic E-state index is 4.56. The highest BCUT2D eigenvalue weighted by molar-refractivity contribution is 7.98. The van der Waals surface area contributed by atoms with E-state index in [0.717, 1.165) is 29.7 Å². The molecule has 0 saturated heterocycles. The highest BCUT2D eigenvalue weighted by Crippen LogP contribution is 2.17. The molecule has 21 heavy (non-hydrogen) atoms. The normalized spacial score (nSPS) is 11.1. The van der Waals surface area contributed by atoms with Crippen molar-refractivity contribution in [2.24, 2.45) is 13.0 Å². The lowest BCUT2D eigenvalue weighted by Crippen LogP contribution is -2.18. The van der Waals surface area contributed by atoms with Gasteiger partial charge in [-0.3, -0.25) is 4.98 Å². The third kappa shape index (κ3) is 4.49. The second-order valence-electron chi connectivity index (χ2n) is 5.70. The Hall–Kier alpha value is -1.49. The standard InChI is InChI=1S/C16H24N4S/c1-13(2)11-21-12-16-18-9-15(20(16)4)10-19(3)14-6-5-7-17-8-14/h5-9,13H,10-12H2,1-4H3. The van der Waals surface area contributed by atoms with Crippen molar-refractivity contribution in [2.75, 3.05) is 17.7 Å². The molecule has 5 heteroatoms. The van der Waals surface area contributed by atoms with Crippen LogP contribution in [-0.2, 0) is 19.3 Å². The SMILES string of the molecule is CC(C)CSCc1ncc(CN(C)c2cccnc2)n1C. The molecule has 2 rings (SSSR count). The molecule has 0 N–H and O–H groups in total. The number of rotatable bonds is 7. The van der Waals surface area contributed by atoms with E-state index in [4.69, 9.17) is 0 Å². The topological polar surface area (TPSA) is 34.0 Å². The summed E-state index contributed by atoms with van der Waals surface area (Å²) in [6.45, 7) is 5.34. The predicted molar refractivity (Wildman–Crippen MR) is 90.6 cm³/mol. The van der Waals surface area contributed by atoms with E-state index in [-0.39, 0.29) is 0 Å². The highest BCUT2D eigenvalue weighted by Gasteiger charge is 2.10. The molecule has 2 heterocycles. The molecule has 0 bridgehead atoms. The Balaban J connectivity index is 1.97. The Morgan fingerprint density at radius 3 is 2.81 bits per heavy atom. The lowest BCUT2D eigenvalue weighted by molar-refractivity contribution is 0.744. The Bertz CT molecular complexity index is 551. The van der Waals surface area contributed by atoms with Crippen molar-refractivity contribution in [3.05, 3.63) is 42.2 Å². The fourth-order valence-electron chi connectivity index (χ4n) is 2.07. The first-order valence-electron chi connectivity index (χ1n) is 7.26. The van der Waals surface area contributed by atoms with Crippen molar-refractivity contribution in [3.8, 4) is 0 Å². The Labute approximate surface area is 131 Å². The zero-order valence-corrected chi connectivity index (χ0v) is 14.1. The summed E-state index contributed by atoms with van der Waals surface area (Å²) in [4.78, 5) is 10.9. The lowest BCUT2D eigenvalue weighted by atomic mass is 10.3. The zero-order chi connectivity index (χ0) is 15.2. The summed E-state index contributed by atoms with van der Waals surface area (Å²) < 4.78 is 2.21. The van der Waals surface area contributed by atoms with Gasteiger partial charge < -0.3 is 9.47 Å². The van der Waals surface area contributed by atoms with E-state index in [9.17, 15) is 0 Å². The molecule has 0 saturated carbocycles. The molecule has 0 unspecified atom stereocenters. The van der Waals surface area contributed by atoms with Crippen LogP contribution in [0.4, 0.5) is 5.69 Å². The van der Waals surface area contributed by atoms with E-state index in [0.29, 0.717) is 0 Å². The number of hydrogen-bond donors (Lipinski definition) is 0. The van der Waals surface area contributed by atoms with Crippen LogP contribution in [0.5, 0.6) is 0 Å². The van der Waals surface area contributed by atoms with Gasteiger partial charge in [0.1, 0.15) is 5.82 Å². The lowest BCUT2D eigenvalue weighted by Gasteiger charge is -2.19. The minimum Gasteiger partial charge on any atom is -0.367 e. The molecule has 0 radical (unpaired) electrons. The van der Waals surface area contributed by atoms with E-state index in [1.165, 1.54) is 11.4 Å². The molecule has 0 amide bonds. The number of hydrogen-bond acceptors (Lipinski definition) is 4. The molecule has 0 aliphatic heterocycles. The quantitative estimate of drug-likeness (QED) is 0.785. The first kappa shape index (κ1) is 15.9. The summed E-state index contributed by atoms with van der Waals surface area (Å²) in [6.07, 6.45) is 5.67. The molecule has 0 aromatic carbocycles. The van der Waals surface area contributed by atoms with Gasteiger partial charge in [0.2, 0.25) is 0 Å². The van der Waals surface area contributed by atoms with Crippen molar-refractivity contribution in [1.29, 1.82) is 0 Å². The van der Waals surface area contributed by atoms with Crippen LogP contribution in [-0.4, -0.2) is 27.3 Å². The molecular weight excluding hydrogens is 280 g/mol. The average Bonchev–Trinajstić information content (AvgIpc) is 2.81. The van der Waals surface area contributed by atoms with Crippen LogP contribution in [0.25, 0.3) is 0 Å². The molecule has 0 aliphatic rings. The van der Waals surface area contributed by atoms with E-state index in [1.807, 2.05) is 30.2 Å². The summed E-state index contributed by atoms with van der Waals surface area (Å²) in [6, 6.07) is 4.03. The summed E-state index contributed by atoms with van der Waals surface area (Å²) in [5, 5.41) is 0. The molecule has 0 aliphatic carbocycles. The monoisotopic (exact) mass is 304 g/mol. The van der Waals surface area contributed by atoms with E-state index in [1.54, 1.807) is 6.20 Å². The van der Waals surface area contributed by atoms with Gasteiger partial charge in [-0.15, -0.1) is 0 Å². The van der Waals surface area contributed by atoms with Gasteiger partial charge in [0.25, 0.3) is 0 Å². The van der Waals surface area contributed by atoms with E-state index < -0.39 is 0 Å². The van der Waals surface area contributed by atoms with Gasteiger partial charge in [0, 0.05) is 20.3 Å². The zero-order valence-electron chi connectivity index (χ0n) is 13.3. The van der Waals surface area contributed by atoms with Crippen molar-refractivity contribution in [1.82, 2.24) is 14.5 Å². The molecule has 0 atom stereocenters. The molecule has 2 aromatic heterocycles. The van der Waals surface area contributed by atoms with Gasteiger partial charge in [-0.2, -0.15) is 11.8 Å². The maximum Gasteiger partial charge on any atom is 0.118 e. The van der Waals surface area contributed by atoms with Crippen molar-refractivity contribution < 1.29 is 0 Å². The van der Waals surface area contributed by atoms with Gasteiger partial charge in [-0.25, -0.2) is 4.98 Å². The van der Waals surface area contributed by atoms with Gasteiger partial charge in [-0.1, -0.05) is 13.8 Å². The third-order valence-corrected chi connectivity index (χ3v) is 4.71. The smallest absolute Gasteiger partial charge is 0.118 e. The number of pyridine rings is 1. The summed E-state index contributed by atoms with van der Waals surface area (Å²) >= 11 is 1.95. The molecule has 4 nitrogen and oxygen atoms in total. The maximum atomic E-state index is 4.56. The van der Waals surface area contributed by atoms with Gasteiger partial charge in [0.05, 0.1) is 36.1 Å². The summed E-state index contributed by atoms with van der Waals surface area (Å²) in [5.74, 6) is 4.03. The number of imidazole rings is 1. The van der Waals surface area contributed by atoms with E-state index >= 15 is 0 Å². The minimum atomic E-state index is 0.728.